The molecule has 1 aliphatic carbocycles. The van der Waals surface area contributed by atoms with Gasteiger partial charge in [-0.1, -0.05) is 57.0 Å². The quantitative estimate of drug-likeness (QED) is 0.149. The number of carboxylic acids is 1. The van der Waals surface area contributed by atoms with E-state index in [9.17, 15) is 33.0 Å². The number of likely N-dealkylation sites (N-methyl/N-ethyl adjacent to an activating group) is 1. The number of carbonyl (C=O) groups is 3. The summed E-state index contributed by atoms with van der Waals surface area (Å²) in [7, 11) is -0.709. The molecule has 1 saturated carbocycles. The SMILES string of the molecule is CN(C)CC(=O)NCC(C)(C)CC(=O)NC(O)(CCCN(Cc1ccncc1)S(=O)(=O)NC1(C(=O)O)CCCC1)c1ccccc1. The molecule has 0 aliphatic heterocycles. The number of pyridine rings is 1. The van der Waals surface area contributed by atoms with Gasteiger partial charge in [-0.05, 0) is 56.5 Å². The maximum Gasteiger partial charge on any atom is 0.324 e. The zero-order valence-electron chi connectivity index (χ0n) is 27.2. The molecule has 3 rings (SSSR count). The van der Waals surface area contributed by atoms with Gasteiger partial charge in [-0.3, -0.25) is 19.4 Å². The van der Waals surface area contributed by atoms with Crippen LogP contribution in [-0.2, 0) is 36.9 Å². The van der Waals surface area contributed by atoms with Crippen LogP contribution in [0.2, 0.25) is 0 Å². The summed E-state index contributed by atoms with van der Waals surface area (Å²) in [5, 5.41) is 27.3. The second kappa shape index (κ2) is 15.9. The van der Waals surface area contributed by atoms with E-state index in [0.717, 1.165) is 4.31 Å². The maximum absolute atomic E-state index is 13.7. The third-order valence-corrected chi connectivity index (χ3v) is 9.69. The third kappa shape index (κ3) is 10.8. The highest BCUT2D eigenvalue weighted by molar-refractivity contribution is 7.87. The van der Waals surface area contributed by atoms with E-state index >= 15 is 0 Å². The molecule has 1 aliphatic rings. The molecule has 0 bridgehead atoms. The number of aliphatic carboxylic acids is 1. The van der Waals surface area contributed by atoms with Crippen LogP contribution >= 0.6 is 0 Å². The second-order valence-electron chi connectivity index (χ2n) is 13.1. The maximum atomic E-state index is 13.7. The minimum atomic E-state index is -4.28. The summed E-state index contributed by atoms with van der Waals surface area (Å²) in [6, 6.07) is 11.9. The molecule has 46 heavy (non-hydrogen) atoms. The van der Waals surface area contributed by atoms with Gasteiger partial charge in [0.1, 0.15) is 5.54 Å². The van der Waals surface area contributed by atoms with Crippen LogP contribution in [0.15, 0.2) is 54.9 Å². The molecule has 2 amide bonds. The average Bonchev–Trinajstić information content (AvgIpc) is 3.45. The highest BCUT2D eigenvalue weighted by atomic mass is 32.2. The Morgan fingerprint density at radius 3 is 2.22 bits per heavy atom. The lowest BCUT2D eigenvalue weighted by molar-refractivity contribution is -0.143. The van der Waals surface area contributed by atoms with E-state index < -0.39 is 38.8 Å². The standard InChI is InChI=1S/C32H48N6O7S/c1-30(2,24-34-28(40)23-37(3)4)21-27(39)35-32(43,26-11-6-5-7-12-26)17-10-20-38(22-25-13-18-33-19-14-25)46(44,45)36-31(29(41)42)15-8-9-16-31/h5-7,11-14,18-19,36,43H,8-10,15-17,20-24H2,1-4H3,(H,34,40)(H,35,39)(H,41,42). The lowest BCUT2D eigenvalue weighted by Crippen LogP contribution is -2.56. The number of nitrogens with zero attached hydrogens (tertiary/aromatic N) is 3. The lowest BCUT2D eigenvalue weighted by atomic mass is 9.88. The second-order valence-corrected chi connectivity index (χ2v) is 14.8. The lowest BCUT2D eigenvalue weighted by Gasteiger charge is -2.33. The summed E-state index contributed by atoms with van der Waals surface area (Å²) < 4.78 is 31.0. The minimum Gasteiger partial charge on any atom is -0.480 e. The molecular formula is C32H48N6O7S. The van der Waals surface area contributed by atoms with Gasteiger partial charge >= 0.3 is 5.97 Å². The molecule has 0 saturated heterocycles. The number of nitrogens with one attached hydrogen (secondary N) is 3. The number of carbonyl (C=O) groups excluding carboxylic acids is 2. The van der Waals surface area contributed by atoms with Gasteiger partial charge in [0.15, 0.2) is 5.72 Å². The number of hydrogen-bond donors (Lipinski definition) is 5. The Labute approximate surface area is 272 Å². The van der Waals surface area contributed by atoms with Crippen molar-refractivity contribution in [3.8, 4) is 0 Å². The predicted octanol–water partition coefficient (Wildman–Crippen LogP) is 1.95. The monoisotopic (exact) mass is 660 g/mol. The van der Waals surface area contributed by atoms with Gasteiger partial charge in [-0.25, -0.2) is 0 Å². The minimum absolute atomic E-state index is 0.00806. The predicted molar refractivity (Wildman–Crippen MR) is 173 cm³/mol. The summed E-state index contributed by atoms with van der Waals surface area (Å²) >= 11 is 0. The van der Waals surface area contributed by atoms with E-state index in [-0.39, 0.29) is 64.2 Å². The van der Waals surface area contributed by atoms with Gasteiger partial charge in [-0.15, -0.1) is 0 Å². The van der Waals surface area contributed by atoms with Crippen LogP contribution in [-0.4, -0.2) is 89.9 Å². The molecule has 1 fully saturated rings. The van der Waals surface area contributed by atoms with Crippen LogP contribution in [0.1, 0.15) is 69.9 Å². The van der Waals surface area contributed by atoms with E-state index in [1.807, 2.05) is 13.8 Å². The van der Waals surface area contributed by atoms with Crippen molar-refractivity contribution in [3.05, 3.63) is 66.0 Å². The first kappa shape index (κ1) is 37.0. The molecule has 13 nitrogen and oxygen atoms in total. The van der Waals surface area contributed by atoms with Crippen molar-refractivity contribution >= 4 is 28.0 Å². The van der Waals surface area contributed by atoms with E-state index in [4.69, 9.17) is 0 Å². The van der Waals surface area contributed by atoms with Gasteiger partial charge in [0.25, 0.3) is 10.2 Å². The summed E-state index contributed by atoms with van der Waals surface area (Å²) in [6.45, 7) is 4.04. The summed E-state index contributed by atoms with van der Waals surface area (Å²) in [6.07, 6.45) is 4.78. The molecule has 2 aromatic rings. The van der Waals surface area contributed by atoms with Crippen molar-refractivity contribution in [2.24, 2.45) is 5.41 Å². The van der Waals surface area contributed by atoms with Crippen molar-refractivity contribution in [1.82, 2.24) is 29.5 Å². The van der Waals surface area contributed by atoms with Crippen LogP contribution in [0.3, 0.4) is 0 Å². The largest absolute Gasteiger partial charge is 0.480 e. The Balaban J connectivity index is 1.77. The molecule has 0 radical (unpaired) electrons. The van der Waals surface area contributed by atoms with E-state index in [1.54, 1.807) is 73.9 Å². The number of benzene rings is 1. The number of amides is 2. The first-order valence-electron chi connectivity index (χ1n) is 15.5. The van der Waals surface area contributed by atoms with Crippen molar-refractivity contribution in [3.63, 3.8) is 0 Å². The number of hydrogen-bond acceptors (Lipinski definition) is 8. The van der Waals surface area contributed by atoms with E-state index in [1.165, 1.54) is 0 Å². The fraction of sp³-hybridized carbons (Fsp3) is 0.562. The molecule has 14 heteroatoms. The fourth-order valence-electron chi connectivity index (χ4n) is 5.58. The highest BCUT2D eigenvalue weighted by Crippen LogP contribution is 2.32. The Hall–Kier alpha value is -3.43. The average molecular weight is 661 g/mol. The normalized spacial score (nSPS) is 16.2. The number of rotatable bonds is 18. The third-order valence-electron chi connectivity index (χ3n) is 8.05. The first-order valence-corrected chi connectivity index (χ1v) is 16.9. The highest BCUT2D eigenvalue weighted by Gasteiger charge is 2.46. The van der Waals surface area contributed by atoms with Crippen molar-refractivity contribution < 1.29 is 33.0 Å². The Kier molecular flexibility index (Phi) is 12.8. The van der Waals surface area contributed by atoms with Gasteiger partial charge in [0, 0.05) is 50.4 Å². The zero-order valence-corrected chi connectivity index (χ0v) is 28.0. The fourth-order valence-corrected chi connectivity index (χ4v) is 7.19. The van der Waals surface area contributed by atoms with E-state index in [0.29, 0.717) is 24.0 Å². The molecule has 0 spiro atoms. The zero-order chi connectivity index (χ0) is 34.0. The van der Waals surface area contributed by atoms with Gasteiger partial charge < -0.3 is 25.7 Å². The van der Waals surface area contributed by atoms with Gasteiger partial charge in [0.05, 0.1) is 6.54 Å². The smallest absolute Gasteiger partial charge is 0.324 e. The summed E-state index contributed by atoms with van der Waals surface area (Å²) in [5.41, 5.74) is -2.94. The van der Waals surface area contributed by atoms with E-state index in [2.05, 4.69) is 20.3 Å². The molecule has 1 heterocycles. The topological polar surface area (TPSA) is 181 Å². The number of aliphatic hydroxyl groups is 1. The van der Waals surface area contributed by atoms with Crippen molar-refractivity contribution in [2.45, 2.75) is 76.6 Å². The Bertz CT molecular complexity index is 1420. The van der Waals surface area contributed by atoms with Crippen molar-refractivity contribution in [2.75, 3.05) is 33.7 Å². The van der Waals surface area contributed by atoms with Crippen LogP contribution < -0.4 is 15.4 Å². The van der Waals surface area contributed by atoms with Gasteiger partial charge in [-0.2, -0.15) is 17.4 Å². The van der Waals surface area contributed by atoms with Crippen LogP contribution in [0.4, 0.5) is 0 Å². The molecular weight excluding hydrogens is 612 g/mol. The van der Waals surface area contributed by atoms with Crippen molar-refractivity contribution in [1.29, 1.82) is 0 Å². The molecule has 1 aromatic carbocycles. The molecule has 5 N–H and O–H groups in total. The molecule has 1 atom stereocenters. The number of aromatic nitrogens is 1. The Morgan fingerprint density at radius 2 is 1.63 bits per heavy atom. The Morgan fingerprint density at radius 1 is 1.00 bits per heavy atom. The molecule has 254 valence electrons. The summed E-state index contributed by atoms with van der Waals surface area (Å²) in [4.78, 5) is 43.3. The molecule has 1 aromatic heterocycles. The first-order chi connectivity index (χ1) is 21.6. The van der Waals surface area contributed by atoms with Crippen LogP contribution in [0.25, 0.3) is 0 Å². The van der Waals surface area contributed by atoms with Gasteiger partial charge in [0.2, 0.25) is 11.8 Å². The molecule has 1 unspecified atom stereocenters. The van der Waals surface area contributed by atoms with Crippen LogP contribution in [0, 0.1) is 5.41 Å². The summed E-state index contributed by atoms with van der Waals surface area (Å²) in [5.74, 6) is -1.81. The number of carboxylic acid groups (broad SMARTS) is 1. The van der Waals surface area contributed by atoms with Crippen LogP contribution in [0.5, 0.6) is 0 Å².